The molecule has 0 radical (unpaired) electrons. The Balaban J connectivity index is -0.000000562. The van der Waals surface area contributed by atoms with E-state index in [0.717, 1.165) is 0 Å². The van der Waals surface area contributed by atoms with Crippen molar-refractivity contribution in [3.8, 4) is 0 Å². The molecule has 0 saturated heterocycles. The molecule has 0 unspecified atom stereocenters. The van der Waals surface area contributed by atoms with Gasteiger partial charge in [0.1, 0.15) is 0 Å². The van der Waals surface area contributed by atoms with Gasteiger partial charge in [-0.05, 0) is 0 Å². The molecular weight excluding hydrogens is 338 g/mol. The zero-order valence-electron chi connectivity index (χ0n) is 10.3. The largest absolute Gasteiger partial charge is 4.00 e. The summed E-state index contributed by atoms with van der Waals surface area (Å²) in [7, 11) is -1.40. The molecule has 0 nitrogen and oxygen atoms in total. The van der Waals surface area contributed by atoms with E-state index in [2.05, 4.69) is 67.7 Å². The van der Waals surface area contributed by atoms with E-state index in [1.54, 1.807) is 0 Å². The quantitative estimate of drug-likeness (QED) is 0.372. The minimum absolute atomic E-state index is 0. The first-order valence-electron chi connectivity index (χ1n) is 4.99. The smallest absolute Gasteiger partial charge is 1.00 e. The van der Waals surface area contributed by atoms with Crippen LogP contribution in [0.2, 0.25) is 13.1 Å². The topological polar surface area (TPSA) is 0 Å². The van der Waals surface area contributed by atoms with E-state index in [1.807, 2.05) is 0 Å². The molecule has 0 atom stereocenters. The van der Waals surface area contributed by atoms with Crippen LogP contribution in [0.1, 0.15) is 0 Å². The van der Waals surface area contributed by atoms with E-state index >= 15 is 0 Å². The third kappa shape index (κ3) is 5.16. The second-order valence-corrected chi connectivity index (χ2v) is 8.57. The first-order chi connectivity index (χ1) is 6.71. The van der Waals surface area contributed by atoms with Crippen LogP contribution in [0.25, 0.3) is 0 Å². The van der Waals surface area contributed by atoms with Gasteiger partial charge in [0.05, 0.1) is 8.07 Å². The van der Waals surface area contributed by atoms with Crippen LogP contribution in [-0.4, -0.2) is 8.07 Å². The SMILES string of the molecule is C[Si](C)(c1ccccc1)[c-]1cccc1.[Cl-].[Cl-].[Cl-].[Ti+4]. The second-order valence-electron chi connectivity index (χ2n) is 4.16. The fraction of sp³-hybridized carbons (Fsp3) is 0.154. The molecule has 0 aromatic heterocycles. The van der Waals surface area contributed by atoms with Crippen LogP contribution in [0.15, 0.2) is 54.6 Å². The van der Waals surface area contributed by atoms with Crippen molar-refractivity contribution in [1.29, 1.82) is 0 Å². The normalized spacial score (nSPS) is 9.00. The molecule has 0 saturated carbocycles. The Kier molecular flexibility index (Phi) is 13.3. The van der Waals surface area contributed by atoms with Crippen LogP contribution in [0, 0.1) is 0 Å². The Morgan fingerprint density at radius 1 is 0.778 bits per heavy atom. The van der Waals surface area contributed by atoms with Gasteiger partial charge in [0, 0.05) is 0 Å². The number of rotatable bonds is 2. The van der Waals surface area contributed by atoms with Crippen molar-refractivity contribution in [3.63, 3.8) is 0 Å². The molecular formula is C13H15Cl3SiTi. The van der Waals surface area contributed by atoms with Crippen molar-refractivity contribution in [3.05, 3.63) is 54.6 Å². The van der Waals surface area contributed by atoms with Crippen LogP contribution in [0.4, 0.5) is 0 Å². The van der Waals surface area contributed by atoms with Crippen LogP contribution in [0.5, 0.6) is 0 Å². The summed E-state index contributed by atoms with van der Waals surface area (Å²) in [5.41, 5.74) is 0. The van der Waals surface area contributed by atoms with Crippen molar-refractivity contribution in [2.75, 3.05) is 0 Å². The van der Waals surface area contributed by atoms with Gasteiger partial charge in [-0.1, -0.05) is 48.6 Å². The number of benzene rings is 1. The molecule has 0 aliphatic rings. The van der Waals surface area contributed by atoms with Crippen molar-refractivity contribution in [2.45, 2.75) is 13.1 Å². The molecule has 18 heavy (non-hydrogen) atoms. The second kappa shape index (κ2) is 10.2. The number of hydrogen-bond donors (Lipinski definition) is 0. The van der Waals surface area contributed by atoms with Gasteiger partial charge >= 0.3 is 21.7 Å². The molecule has 2 aromatic carbocycles. The molecule has 0 bridgehead atoms. The summed E-state index contributed by atoms with van der Waals surface area (Å²) in [6.45, 7) is 4.80. The Bertz CT molecular complexity index is 401. The van der Waals surface area contributed by atoms with Crippen molar-refractivity contribution < 1.29 is 58.9 Å². The number of hydrogen-bond acceptors (Lipinski definition) is 0. The Labute approximate surface area is 144 Å². The maximum absolute atomic E-state index is 2.40. The van der Waals surface area contributed by atoms with E-state index in [1.165, 1.54) is 10.4 Å². The molecule has 0 fully saturated rings. The summed E-state index contributed by atoms with van der Waals surface area (Å²) in [6.07, 6.45) is 0. The maximum atomic E-state index is 2.40. The first kappa shape index (κ1) is 23.5. The molecule has 2 aromatic rings. The van der Waals surface area contributed by atoms with Gasteiger partial charge in [0.15, 0.2) is 0 Å². The Morgan fingerprint density at radius 2 is 1.22 bits per heavy atom. The van der Waals surface area contributed by atoms with Gasteiger partial charge in [-0.2, -0.15) is 17.3 Å². The summed E-state index contributed by atoms with van der Waals surface area (Å²) in [6, 6.07) is 19.6. The molecule has 0 N–H and O–H groups in total. The average molecular weight is 354 g/mol. The third-order valence-corrected chi connectivity index (χ3v) is 6.43. The fourth-order valence-electron chi connectivity index (χ4n) is 1.81. The predicted molar refractivity (Wildman–Crippen MR) is 65.2 cm³/mol. The van der Waals surface area contributed by atoms with Crippen molar-refractivity contribution in [2.24, 2.45) is 0 Å². The molecule has 0 aliphatic heterocycles. The van der Waals surface area contributed by atoms with E-state index < -0.39 is 8.07 Å². The van der Waals surface area contributed by atoms with E-state index in [4.69, 9.17) is 0 Å². The maximum Gasteiger partial charge on any atom is 4.00 e. The first-order valence-corrected chi connectivity index (χ1v) is 7.99. The monoisotopic (exact) mass is 352 g/mol. The molecule has 0 aliphatic carbocycles. The molecule has 2 rings (SSSR count). The summed E-state index contributed by atoms with van der Waals surface area (Å²) < 4.78 is 0. The molecule has 0 heterocycles. The summed E-state index contributed by atoms with van der Waals surface area (Å²) in [4.78, 5) is 0. The number of halogens is 3. The van der Waals surface area contributed by atoms with Gasteiger partial charge < -0.3 is 37.2 Å². The van der Waals surface area contributed by atoms with E-state index in [0.29, 0.717) is 0 Å². The standard InChI is InChI=1S/C13H15Si.3ClH.Ti/c1-14(2,13-10-6-7-11-13)12-8-4-3-5-9-12;;;;/h3-11H,1-2H3;3*1H;/q-1;;;;+4/p-3. The van der Waals surface area contributed by atoms with Crippen molar-refractivity contribution in [1.82, 2.24) is 0 Å². The van der Waals surface area contributed by atoms with Gasteiger partial charge in [-0.3, -0.25) is 0 Å². The third-order valence-electron chi connectivity index (χ3n) is 2.88. The Morgan fingerprint density at radius 3 is 1.67 bits per heavy atom. The summed E-state index contributed by atoms with van der Waals surface area (Å²) in [5, 5.41) is 3.02. The fourth-order valence-corrected chi connectivity index (χ4v) is 4.20. The zero-order valence-corrected chi connectivity index (χ0v) is 15.2. The van der Waals surface area contributed by atoms with Crippen LogP contribution in [0.3, 0.4) is 0 Å². The van der Waals surface area contributed by atoms with Crippen molar-refractivity contribution >= 4 is 18.4 Å². The van der Waals surface area contributed by atoms with Gasteiger partial charge in [0.25, 0.3) is 0 Å². The van der Waals surface area contributed by atoms with Gasteiger partial charge in [-0.25, -0.2) is 12.1 Å². The van der Waals surface area contributed by atoms with Crippen LogP contribution < -0.4 is 47.6 Å². The molecule has 5 heteroatoms. The van der Waals surface area contributed by atoms with E-state index in [9.17, 15) is 0 Å². The van der Waals surface area contributed by atoms with Crippen LogP contribution >= 0.6 is 0 Å². The Hall–Kier alpha value is 0.371. The predicted octanol–water partition coefficient (Wildman–Crippen LogP) is -6.76. The summed E-state index contributed by atoms with van der Waals surface area (Å²) in [5.74, 6) is 0. The molecule has 96 valence electrons. The minimum atomic E-state index is -1.40. The summed E-state index contributed by atoms with van der Waals surface area (Å²) >= 11 is 0. The van der Waals surface area contributed by atoms with E-state index in [-0.39, 0.29) is 58.9 Å². The van der Waals surface area contributed by atoms with Crippen LogP contribution in [-0.2, 0) is 21.7 Å². The molecule has 0 spiro atoms. The van der Waals surface area contributed by atoms with Gasteiger partial charge in [-0.15, -0.1) is 0 Å². The zero-order chi connectivity index (χ0) is 10.0. The molecule has 0 amide bonds. The minimum Gasteiger partial charge on any atom is -1.00 e. The average Bonchev–Trinajstić information content (AvgIpc) is 2.72. The van der Waals surface area contributed by atoms with Gasteiger partial charge in [0.2, 0.25) is 0 Å².